The average Bonchev–Trinajstić information content (AvgIpc) is 2.04. The van der Waals surface area contributed by atoms with E-state index in [9.17, 15) is 8.78 Å². The molecule has 0 bridgehead atoms. The van der Waals surface area contributed by atoms with Gasteiger partial charge in [-0.05, 0) is 0 Å². The van der Waals surface area contributed by atoms with Crippen molar-refractivity contribution in [3.8, 4) is 0 Å². The van der Waals surface area contributed by atoms with E-state index in [4.69, 9.17) is 5.84 Å². The number of rotatable bonds is 2. The van der Waals surface area contributed by atoms with Crippen LogP contribution in [0, 0.1) is 0 Å². The van der Waals surface area contributed by atoms with Gasteiger partial charge in [-0.1, -0.05) is 0 Å². The van der Waals surface area contributed by atoms with Crippen molar-refractivity contribution in [2.24, 2.45) is 5.84 Å². The van der Waals surface area contributed by atoms with E-state index in [-0.39, 0.29) is 5.82 Å². The molecule has 0 amide bonds. The maximum atomic E-state index is 12.0. The van der Waals surface area contributed by atoms with E-state index >= 15 is 0 Å². The van der Waals surface area contributed by atoms with Crippen molar-refractivity contribution in [2.45, 2.75) is 6.43 Å². The summed E-state index contributed by atoms with van der Waals surface area (Å²) in [6, 6.07) is 0. The van der Waals surface area contributed by atoms with Crippen LogP contribution in [0.5, 0.6) is 0 Å². The van der Waals surface area contributed by atoms with Crippen molar-refractivity contribution in [1.82, 2.24) is 9.97 Å². The molecule has 0 unspecified atom stereocenters. The van der Waals surface area contributed by atoms with Gasteiger partial charge in [0.15, 0.2) is 5.82 Å². The normalized spacial score (nSPS) is 10.2. The summed E-state index contributed by atoms with van der Waals surface area (Å²) in [5, 5.41) is 0. The van der Waals surface area contributed by atoms with Crippen LogP contribution in [0.15, 0.2) is 12.4 Å². The van der Waals surface area contributed by atoms with Gasteiger partial charge < -0.3 is 5.43 Å². The van der Waals surface area contributed by atoms with E-state index in [1.54, 1.807) is 0 Å². The van der Waals surface area contributed by atoms with Gasteiger partial charge in [0.1, 0.15) is 5.69 Å². The van der Waals surface area contributed by atoms with Crippen molar-refractivity contribution in [1.29, 1.82) is 0 Å². The predicted octanol–water partition coefficient (Wildman–Crippen LogP) is 0.700. The summed E-state index contributed by atoms with van der Waals surface area (Å²) in [6.45, 7) is 0. The Kier molecular flexibility index (Phi) is 2.27. The number of nitrogens with zero attached hydrogens (tertiary/aromatic N) is 2. The maximum absolute atomic E-state index is 12.0. The highest BCUT2D eigenvalue weighted by atomic mass is 19.3. The Labute approximate surface area is 61.4 Å². The standard InChI is InChI=1S/C5H6F2N4/c6-4(7)3-5(11-8)10-2-1-9-3/h1-2,4H,8H2,(H,10,11). The fourth-order valence-electron chi connectivity index (χ4n) is 0.620. The molecule has 1 aromatic rings. The highest BCUT2D eigenvalue weighted by Gasteiger charge is 2.13. The Balaban J connectivity index is 3.02. The number of hydrogen-bond acceptors (Lipinski definition) is 4. The molecule has 4 nitrogen and oxygen atoms in total. The van der Waals surface area contributed by atoms with Crippen LogP contribution in [0.2, 0.25) is 0 Å². The molecule has 0 radical (unpaired) electrons. The fraction of sp³-hybridized carbons (Fsp3) is 0.200. The number of nitrogens with one attached hydrogen (secondary N) is 1. The lowest BCUT2D eigenvalue weighted by Crippen LogP contribution is -2.12. The Hall–Kier alpha value is -1.30. The second kappa shape index (κ2) is 3.20. The van der Waals surface area contributed by atoms with Crippen LogP contribution < -0.4 is 11.3 Å². The molecule has 6 heteroatoms. The zero-order chi connectivity index (χ0) is 8.27. The molecular formula is C5H6F2N4. The molecule has 1 rings (SSSR count). The monoisotopic (exact) mass is 160 g/mol. The van der Waals surface area contributed by atoms with Crippen LogP contribution in [0.1, 0.15) is 12.1 Å². The Morgan fingerprint density at radius 1 is 1.36 bits per heavy atom. The molecule has 11 heavy (non-hydrogen) atoms. The van der Waals surface area contributed by atoms with Crippen molar-refractivity contribution in [3.05, 3.63) is 18.1 Å². The summed E-state index contributed by atoms with van der Waals surface area (Å²) in [4.78, 5) is 6.93. The van der Waals surface area contributed by atoms with E-state index in [2.05, 4.69) is 9.97 Å². The van der Waals surface area contributed by atoms with Crippen molar-refractivity contribution in [3.63, 3.8) is 0 Å². The molecule has 0 aliphatic carbocycles. The summed E-state index contributed by atoms with van der Waals surface area (Å²) in [7, 11) is 0. The smallest absolute Gasteiger partial charge is 0.284 e. The van der Waals surface area contributed by atoms with Crippen molar-refractivity contribution in [2.75, 3.05) is 5.43 Å². The third kappa shape index (κ3) is 1.58. The molecule has 0 atom stereocenters. The molecule has 0 fully saturated rings. The topological polar surface area (TPSA) is 63.8 Å². The summed E-state index contributed by atoms with van der Waals surface area (Å²) >= 11 is 0. The summed E-state index contributed by atoms with van der Waals surface area (Å²) in [6.07, 6.45) is -0.196. The minimum Gasteiger partial charge on any atom is -0.307 e. The molecule has 0 saturated heterocycles. The van der Waals surface area contributed by atoms with Gasteiger partial charge in [0.25, 0.3) is 6.43 Å². The number of aromatic nitrogens is 2. The summed E-state index contributed by atoms with van der Waals surface area (Å²) < 4.78 is 24.0. The van der Waals surface area contributed by atoms with Gasteiger partial charge in [-0.15, -0.1) is 0 Å². The predicted molar refractivity (Wildman–Crippen MR) is 34.8 cm³/mol. The van der Waals surface area contributed by atoms with Gasteiger partial charge in [0.2, 0.25) is 0 Å². The molecular weight excluding hydrogens is 154 g/mol. The zero-order valence-electron chi connectivity index (χ0n) is 5.46. The van der Waals surface area contributed by atoms with Crippen molar-refractivity contribution >= 4 is 5.82 Å². The number of alkyl halides is 2. The quantitative estimate of drug-likeness (QED) is 0.493. The second-order valence-corrected chi connectivity index (χ2v) is 1.74. The minimum absolute atomic E-state index is 0.0949. The summed E-state index contributed by atoms with van der Waals surface area (Å²) in [5.41, 5.74) is 1.59. The van der Waals surface area contributed by atoms with Gasteiger partial charge in [-0.3, -0.25) is 0 Å². The molecule has 0 saturated carbocycles. The van der Waals surface area contributed by atoms with Crippen LogP contribution in [0.25, 0.3) is 0 Å². The number of hydrazine groups is 1. The molecule has 1 heterocycles. The number of halogens is 2. The first-order valence-corrected chi connectivity index (χ1v) is 2.81. The van der Waals surface area contributed by atoms with E-state index in [0.717, 1.165) is 0 Å². The second-order valence-electron chi connectivity index (χ2n) is 1.74. The van der Waals surface area contributed by atoms with Crippen molar-refractivity contribution < 1.29 is 8.78 Å². The lowest BCUT2D eigenvalue weighted by atomic mass is 10.4. The first kappa shape index (κ1) is 7.80. The first-order chi connectivity index (χ1) is 5.25. The molecule has 0 aliphatic heterocycles. The highest BCUT2D eigenvalue weighted by molar-refractivity contribution is 5.38. The Bertz CT molecular complexity index is 240. The first-order valence-electron chi connectivity index (χ1n) is 2.81. The molecule has 0 aromatic carbocycles. The van der Waals surface area contributed by atoms with Crippen LogP contribution in [-0.4, -0.2) is 9.97 Å². The largest absolute Gasteiger partial charge is 0.307 e. The third-order valence-electron chi connectivity index (χ3n) is 1.07. The van der Waals surface area contributed by atoms with Crippen LogP contribution in [0.4, 0.5) is 14.6 Å². The molecule has 3 N–H and O–H groups in total. The van der Waals surface area contributed by atoms with E-state index < -0.39 is 12.1 Å². The van der Waals surface area contributed by atoms with Gasteiger partial charge in [0, 0.05) is 12.4 Å². The lowest BCUT2D eigenvalue weighted by molar-refractivity contribution is 0.146. The Morgan fingerprint density at radius 3 is 2.45 bits per heavy atom. The van der Waals surface area contributed by atoms with Crippen LogP contribution in [-0.2, 0) is 0 Å². The summed E-state index contributed by atoms with van der Waals surface area (Å²) in [5.74, 6) is 4.81. The van der Waals surface area contributed by atoms with E-state index in [1.807, 2.05) is 5.43 Å². The average molecular weight is 160 g/mol. The highest BCUT2D eigenvalue weighted by Crippen LogP contribution is 2.20. The molecule has 60 valence electrons. The zero-order valence-corrected chi connectivity index (χ0v) is 5.46. The third-order valence-corrected chi connectivity index (χ3v) is 1.07. The SMILES string of the molecule is NNc1nccnc1C(F)F. The van der Waals surface area contributed by atoms with Crippen LogP contribution >= 0.6 is 0 Å². The van der Waals surface area contributed by atoms with E-state index in [1.165, 1.54) is 12.4 Å². The van der Waals surface area contributed by atoms with Gasteiger partial charge >= 0.3 is 0 Å². The molecule has 0 aliphatic rings. The van der Waals surface area contributed by atoms with Crippen LogP contribution in [0.3, 0.4) is 0 Å². The van der Waals surface area contributed by atoms with Gasteiger partial charge in [-0.2, -0.15) is 0 Å². The number of nitrogens with two attached hydrogens (primary N) is 1. The molecule has 0 spiro atoms. The number of nitrogen functional groups attached to an aromatic ring is 1. The number of hydrogen-bond donors (Lipinski definition) is 2. The van der Waals surface area contributed by atoms with Gasteiger partial charge in [-0.25, -0.2) is 24.6 Å². The number of anilines is 1. The fourth-order valence-corrected chi connectivity index (χ4v) is 0.620. The minimum atomic E-state index is -2.66. The van der Waals surface area contributed by atoms with E-state index in [0.29, 0.717) is 0 Å². The maximum Gasteiger partial charge on any atom is 0.284 e. The Morgan fingerprint density at radius 2 is 2.00 bits per heavy atom. The van der Waals surface area contributed by atoms with Gasteiger partial charge in [0.05, 0.1) is 0 Å². The lowest BCUT2D eigenvalue weighted by Gasteiger charge is -2.03. The molecule has 1 aromatic heterocycles.